The summed E-state index contributed by atoms with van der Waals surface area (Å²) >= 11 is 1.30. The average molecular weight is 331 g/mol. The van der Waals surface area contributed by atoms with Crippen LogP contribution in [-0.4, -0.2) is 37.0 Å². The van der Waals surface area contributed by atoms with Gasteiger partial charge in [0.25, 0.3) is 0 Å². The van der Waals surface area contributed by atoms with Crippen LogP contribution in [0.3, 0.4) is 0 Å². The highest BCUT2D eigenvalue weighted by Crippen LogP contribution is 2.20. The molecule has 23 heavy (non-hydrogen) atoms. The molecule has 120 valence electrons. The molecule has 8 heteroatoms. The van der Waals surface area contributed by atoms with E-state index in [0.717, 1.165) is 0 Å². The van der Waals surface area contributed by atoms with Gasteiger partial charge in [-0.3, -0.25) is 4.79 Å². The first-order chi connectivity index (χ1) is 10.9. The second kappa shape index (κ2) is 6.04. The SMILES string of the molecule is CC(C)(C)NC(=O)CSc1nnc2ccc(-c3ccco3)nn12. The Labute approximate surface area is 137 Å². The van der Waals surface area contributed by atoms with Gasteiger partial charge in [0.2, 0.25) is 11.1 Å². The van der Waals surface area contributed by atoms with Crippen LogP contribution < -0.4 is 5.32 Å². The second-order valence-electron chi connectivity index (χ2n) is 6.04. The molecule has 3 aromatic rings. The monoisotopic (exact) mass is 331 g/mol. The van der Waals surface area contributed by atoms with Crippen molar-refractivity contribution in [3.05, 3.63) is 30.5 Å². The van der Waals surface area contributed by atoms with Crippen molar-refractivity contribution >= 4 is 23.3 Å². The molecule has 0 radical (unpaired) electrons. The predicted molar refractivity (Wildman–Crippen MR) is 87.1 cm³/mol. The highest BCUT2D eigenvalue weighted by atomic mass is 32.2. The lowest BCUT2D eigenvalue weighted by Gasteiger charge is -2.20. The first kappa shape index (κ1) is 15.5. The topological polar surface area (TPSA) is 85.3 Å². The van der Waals surface area contributed by atoms with E-state index >= 15 is 0 Å². The summed E-state index contributed by atoms with van der Waals surface area (Å²) in [6.07, 6.45) is 1.60. The van der Waals surface area contributed by atoms with Gasteiger partial charge in [-0.2, -0.15) is 9.61 Å². The molecule has 3 rings (SSSR count). The summed E-state index contributed by atoms with van der Waals surface area (Å²) in [7, 11) is 0. The summed E-state index contributed by atoms with van der Waals surface area (Å²) in [6, 6.07) is 7.28. The minimum Gasteiger partial charge on any atom is -0.463 e. The van der Waals surface area contributed by atoms with Gasteiger partial charge in [-0.15, -0.1) is 10.2 Å². The van der Waals surface area contributed by atoms with Crippen LogP contribution in [0.2, 0.25) is 0 Å². The van der Waals surface area contributed by atoms with E-state index in [0.29, 0.717) is 22.3 Å². The standard InChI is InChI=1S/C15H17N5O2S/c1-15(2,3)16-13(21)9-23-14-18-17-12-7-6-10(19-20(12)14)11-5-4-8-22-11/h4-8H,9H2,1-3H3,(H,16,21). The summed E-state index contributed by atoms with van der Waals surface area (Å²) < 4.78 is 6.97. The zero-order valence-corrected chi connectivity index (χ0v) is 13.9. The van der Waals surface area contributed by atoms with E-state index in [1.807, 2.05) is 39.0 Å². The quantitative estimate of drug-likeness (QED) is 0.739. The number of thioether (sulfide) groups is 1. The van der Waals surface area contributed by atoms with E-state index < -0.39 is 0 Å². The molecule has 1 N–H and O–H groups in total. The Morgan fingerprint density at radius 2 is 2.13 bits per heavy atom. The number of aromatic nitrogens is 4. The van der Waals surface area contributed by atoms with Crippen LogP contribution in [0.4, 0.5) is 0 Å². The van der Waals surface area contributed by atoms with Crippen molar-refractivity contribution in [2.24, 2.45) is 0 Å². The third-order valence-corrected chi connectivity index (χ3v) is 3.77. The highest BCUT2D eigenvalue weighted by Gasteiger charge is 2.16. The van der Waals surface area contributed by atoms with Crippen LogP contribution in [0.1, 0.15) is 20.8 Å². The fourth-order valence-corrected chi connectivity index (χ4v) is 2.69. The molecule has 0 aliphatic rings. The summed E-state index contributed by atoms with van der Waals surface area (Å²) in [5, 5.41) is 16.1. The van der Waals surface area contributed by atoms with Crippen molar-refractivity contribution in [3.8, 4) is 11.5 Å². The van der Waals surface area contributed by atoms with E-state index in [4.69, 9.17) is 4.42 Å². The number of carbonyl (C=O) groups excluding carboxylic acids is 1. The van der Waals surface area contributed by atoms with Crippen molar-refractivity contribution < 1.29 is 9.21 Å². The van der Waals surface area contributed by atoms with E-state index in [2.05, 4.69) is 20.6 Å². The minimum absolute atomic E-state index is 0.0542. The molecule has 0 fully saturated rings. The molecule has 1 amide bonds. The molecule has 0 aromatic carbocycles. The molecule has 3 heterocycles. The number of carbonyl (C=O) groups is 1. The molecule has 0 atom stereocenters. The largest absolute Gasteiger partial charge is 0.463 e. The molecular weight excluding hydrogens is 314 g/mol. The van der Waals surface area contributed by atoms with Crippen LogP contribution in [0, 0.1) is 0 Å². The first-order valence-corrected chi connectivity index (χ1v) is 8.11. The van der Waals surface area contributed by atoms with Gasteiger partial charge < -0.3 is 9.73 Å². The lowest BCUT2D eigenvalue weighted by atomic mass is 10.1. The molecule has 0 bridgehead atoms. The summed E-state index contributed by atoms with van der Waals surface area (Å²) in [6.45, 7) is 5.83. The van der Waals surface area contributed by atoms with Gasteiger partial charge in [0.1, 0.15) is 5.69 Å². The fourth-order valence-electron chi connectivity index (χ4n) is 2.00. The Morgan fingerprint density at radius 1 is 1.30 bits per heavy atom. The molecule has 7 nitrogen and oxygen atoms in total. The Kier molecular flexibility index (Phi) is 4.08. The van der Waals surface area contributed by atoms with Crippen LogP contribution >= 0.6 is 11.8 Å². The normalized spacial score (nSPS) is 11.8. The fraction of sp³-hybridized carbons (Fsp3) is 0.333. The molecule has 0 unspecified atom stereocenters. The van der Waals surface area contributed by atoms with E-state index in [-0.39, 0.29) is 17.2 Å². The number of furan rings is 1. The van der Waals surface area contributed by atoms with Gasteiger partial charge in [0, 0.05) is 5.54 Å². The third kappa shape index (κ3) is 3.70. The maximum Gasteiger partial charge on any atom is 0.230 e. The Bertz CT molecular complexity index is 820. The minimum atomic E-state index is -0.255. The number of fused-ring (bicyclic) bond motifs is 1. The summed E-state index contributed by atoms with van der Waals surface area (Å²) in [5.41, 5.74) is 1.05. The van der Waals surface area contributed by atoms with Gasteiger partial charge in [-0.05, 0) is 45.0 Å². The maximum atomic E-state index is 11.9. The molecule has 0 spiro atoms. The van der Waals surface area contributed by atoms with Crippen molar-refractivity contribution in [3.63, 3.8) is 0 Å². The number of amides is 1. The van der Waals surface area contributed by atoms with Gasteiger partial charge in [0.05, 0.1) is 12.0 Å². The number of hydrogen-bond acceptors (Lipinski definition) is 6. The Hall–Kier alpha value is -2.35. The van der Waals surface area contributed by atoms with Gasteiger partial charge in [-0.1, -0.05) is 11.8 Å². The number of nitrogens with zero attached hydrogens (tertiary/aromatic N) is 4. The van der Waals surface area contributed by atoms with Crippen LogP contribution in [-0.2, 0) is 4.79 Å². The maximum absolute atomic E-state index is 11.9. The predicted octanol–water partition coefficient (Wildman–Crippen LogP) is 2.39. The first-order valence-electron chi connectivity index (χ1n) is 7.12. The van der Waals surface area contributed by atoms with Crippen molar-refractivity contribution in [1.29, 1.82) is 0 Å². The van der Waals surface area contributed by atoms with Crippen molar-refractivity contribution in [2.45, 2.75) is 31.5 Å². The Morgan fingerprint density at radius 3 is 2.83 bits per heavy atom. The van der Waals surface area contributed by atoms with E-state index in [1.165, 1.54) is 11.8 Å². The van der Waals surface area contributed by atoms with Gasteiger partial charge in [-0.25, -0.2) is 0 Å². The number of rotatable bonds is 4. The van der Waals surface area contributed by atoms with Crippen LogP contribution in [0.5, 0.6) is 0 Å². The van der Waals surface area contributed by atoms with Gasteiger partial charge in [0.15, 0.2) is 11.4 Å². The lowest BCUT2D eigenvalue weighted by Crippen LogP contribution is -2.41. The molecule has 0 aliphatic carbocycles. The zero-order valence-electron chi connectivity index (χ0n) is 13.1. The van der Waals surface area contributed by atoms with Crippen molar-refractivity contribution in [2.75, 3.05) is 5.75 Å². The Balaban J connectivity index is 1.79. The van der Waals surface area contributed by atoms with Crippen molar-refractivity contribution in [1.82, 2.24) is 25.1 Å². The van der Waals surface area contributed by atoms with Gasteiger partial charge >= 0.3 is 0 Å². The smallest absolute Gasteiger partial charge is 0.230 e. The number of hydrogen-bond donors (Lipinski definition) is 1. The van der Waals surface area contributed by atoms with Crippen LogP contribution in [0.15, 0.2) is 40.1 Å². The summed E-state index contributed by atoms with van der Waals surface area (Å²) in [5.74, 6) is 0.869. The molecule has 3 aromatic heterocycles. The summed E-state index contributed by atoms with van der Waals surface area (Å²) in [4.78, 5) is 11.9. The highest BCUT2D eigenvalue weighted by molar-refractivity contribution is 7.99. The third-order valence-electron chi connectivity index (χ3n) is 2.85. The molecule has 0 saturated heterocycles. The number of nitrogens with one attached hydrogen (secondary N) is 1. The lowest BCUT2D eigenvalue weighted by molar-refractivity contribution is -0.119. The molecule has 0 aliphatic heterocycles. The second-order valence-corrected chi connectivity index (χ2v) is 6.98. The van der Waals surface area contributed by atoms with Crippen LogP contribution in [0.25, 0.3) is 17.1 Å². The van der Waals surface area contributed by atoms with E-state index in [1.54, 1.807) is 16.8 Å². The average Bonchev–Trinajstić information content (AvgIpc) is 3.12. The molecule has 0 saturated carbocycles. The zero-order chi connectivity index (χ0) is 16.4. The van der Waals surface area contributed by atoms with E-state index in [9.17, 15) is 4.79 Å². The molecular formula is C15H17N5O2S.